The molecule has 1 amide bonds. The second-order valence-electron chi connectivity index (χ2n) is 3.81. The minimum Gasteiger partial charge on any atom is -0.328 e. The van der Waals surface area contributed by atoms with Gasteiger partial charge in [0.25, 0.3) is 5.91 Å². The summed E-state index contributed by atoms with van der Waals surface area (Å²) in [7, 11) is 0. The summed E-state index contributed by atoms with van der Waals surface area (Å²) < 4.78 is 0. The van der Waals surface area contributed by atoms with Crippen LogP contribution in [-0.2, 0) is 4.79 Å². The van der Waals surface area contributed by atoms with Crippen molar-refractivity contribution in [2.24, 2.45) is 0 Å². The quantitative estimate of drug-likeness (QED) is 0.523. The van der Waals surface area contributed by atoms with Crippen LogP contribution in [0.2, 0.25) is 0 Å². The highest BCUT2D eigenvalue weighted by molar-refractivity contribution is 7.98. The zero-order valence-corrected chi connectivity index (χ0v) is 11.9. The van der Waals surface area contributed by atoms with Crippen molar-refractivity contribution < 1.29 is 4.79 Å². The molecule has 0 saturated carbocycles. The Morgan fingerprint density at radius 3 is 2.56 bits per heavy atom. The smallest absolute Gasteiger partial charge is 0.276 e. The van der Waals surface area contributed by atoms with E-state index in [2.05, 4.69) is 5.32 Å². The van der Waals surface area contributed by atoms with Crippen LogP contribution in [-0.4, -0.2) is 28.7 Å². The molecule has 1 aliphatic rings. The van der Waals surface area contributed by atoms with Crippen molar-refractivity contribution in [2.75, 3.05) is 12.8 Å². The van der Waals surface area contributed by atoms with Crippen LogP contribution in [0.15, 0.2) is 34.9 Å². The lowest BCUT2D eigenvalue weighted by Crippen LogP contribution is -2.30. The predicted molar refractivity (Wildman–Crippen MR) is 79.3 cm³/mol. The first-order valence-corrected chi connectivity index (χ1v) is 7.27. The Labute approximate surface area is 116 Å². The number of likely N-dealkylation sites (N-methyl/N-ethyl adjacent to an activating group) is 1. The molecule has 18 heavy (non-hydrogen) atoms. The summed E-state index contributed by atoms with van der Waals surface area (Å²) in [6, 6.07) is 8.05. The molecule has 94 valence electrons. The number of thiocarbonyl (C=S) groups is 1. The number of hydrogen-bond acceptors (Lipinski definition) is 3. The summed E-state index contributed by atoms with van der Waals surface area (Å²) in [5.74, 6) is -0.0588. The molecule has 0 atom stereocenters. The summed E-state index contributed by atoms with van der Waals surface area (Å²) in [6.07, 6.45) is 3.86. The van der Waals surface area contributed by atoms with Crippen molar-refractivity contribution in [1.29, 1.82) is 0 Å². The lowest BCUT2D eigenvalue weighted by atomic mass is 10.2. The molecule has 0 radical (unpaired) electrons. The van der Waals surface area contributed by atoms with Crippen molar-refractivity contribution in [1.82, 2.24) is 10.2 Å². The standard InChI is InChI=1S/C13H14N2OS2/c1-3-15-12(16)11(14-13(15)17)8-9-4-6-10(18-2)7-5-9/h4-8H,3H2,1-2H3,(H,14,17). The molecule has 1 N–H and O–H groups in total. The fourth-order valence-corrected chi connectivity index (χ4v) is 2.46. The van der Waals surface area contributed by atoms with E-state index < -0.39 is 0 Å². The van der Waals surface area contributed by atoms with Crippen molar-refractivity contribution in [3.63, 3.8) is 0 Å². The Bertz CT molecular complexity index is 508. The minimum atomic E-state index is -0.0588. The van der Waals surface area contributed by atoms with Gasteiger partial charge >= 0.3 is 0 Å². The van der Waals surface area contributed by atoms with Crippen LogP contribution in [0.1, 0.15) is 12.5 Å². The fourth-order valence-electron chi connectivity index (χ4n) is 1.73. The Hall–Kier alpha value is -1.33. The average Bonchev–Trinajstić information content (AvgIpc) is 2.65. The monoisotopic (exact) mass is 278 g/mol. The molecule has 0 aliphatic carbocycles. The first-order chi connectivity index (χ1) is 8.65. The Morgan fingerprint density at radius 2 is 2.06 bits per heavy atom. The maximum absolute atomic E-state index is 12.0. The van der Waals surface area contributed by atoms with Gasteiger partial charge in [0.2, 0.25) is 0 Å². The number of thioether (sulfide) groups is 1. The lowest BCUT2D eigenvalue weighted by Gasteiger charge is -2.08. The Kier molecular flexibility index (Phi) is 4.04. The third-order valence-electron chi connectivity index (χ3n) is 2.71. The van der Waals surface area contributed by atoms with Gasteiger partial charge in [0, 0.05) is 11.4 Å². The third kappa shape index (κ3) is 2.57. The second-order valence-corrected chi connectivity index (χ2v) is 5.08. The first-order valence-electron chi connectivity index (χ1n) is 5.64. The van der Waals surface area contributed by atoms with Crippen molar-refractivity contribution >= 4 is 41.1 Å². The van der Waals surface area contributed by atoms with Gasteiger partial charge in [-0.3, -0.25) is 9.69 Å². The van der Waals surface area contributed by atoms with Gasteiger partial charge in [-0.05, 0) is 49.2 Å². The zero-order chi connectivity index (χ0) is 13.1. The topological polar surface area (TPSA) is 32.3 Å². The third-order valence-corrected chi connectivity index (χ3v) is 3.77. The summed E-state index contributed by atoms with van der Waals surface area (Å²) in [5, 5.41) is 3.43. The summed E-state index contributed by atoms with van der Waals surface area (Å²) >= 11 is 6.79. The molecule has 0 aromatic heterocycles. The minimum absolute atomic E-state index is 0.0588. The van der Waals surface area contributed by atoms with Gasteiger partial charge in [0.1, 0.15) is 5.70 Å². The van der Waals surface area contributed by atoms with E-state index in [1.165, 1.54) is 4.90 Å². The van der Waals surface area contributed by atoms with E-state index in [-0.39, 0.29) is 5.91 Å². The maximum atomic E-state index is 12.0. The molecule has 3 nitrogen and oxygen atoms in total. The normalized spacial score (nSPS) is 17.4. The van der Waals surface area contributed by atoms with Crippen LogP contribution in [0.5, 0.6) is 0 Å². The van der Waals surface area contributed by atoms with Crippen LogP contribution in [0.25, 0.3) is 6.08 Å². The molecule has 1 aromatic rings. The molecular formula is C13H14N2OS2. The van der Waals surface area contributed by atoms with Crippen LogP contribution in [0, 0.1) is 0 Å². The predicted octanol–water partition coefficient (Wildman–Crippen LogP) is 2.49. The van der Waals surface area contributed by atoms with Crippen molar-refractivity contribution in [2.45, 2.75) is 11.8 Å². The summed E-state index contributed by atoms with van der Waals surface area (Å²) in [6.45, 7) is 2.50. The number of rotatable bonds is 3. The average molecular weight is 278 g/mol. The molecule has 0 unspecified atom stereocenters. The number of carbonyl (C=O) groups excluding carboxylic acids is 1. The van der Waals surface area contributed by atoms with Gasteiger partial charge in [-0.1, -0.05) is 12.1 Å². The van der Waals surface area contributed by atoms with Gasteiger partial charge < -0.3 is 5.32 Å². The van der Waals surface area contributed by atoms with E-state index in [0.29, 0.717) is 17.4 Å². The largest absolute Gasteiger partial charge is 0.328 e. The Morgan fingerprint density at radius 1 is 1.39 bits per heavy atom. The number of nitrogens with one attached hydrogen (secondary N) is 1. The maximum Gasteiger partial charge on any atom is 0.276 e. The molecule has 0 spiro atoms. The fraction of sp³-hybridized carbons (Fsp3) is 0.231. The van der Waals surface area contributed by atoms with Gasteiger partial charge in [-0.2, -0.15) is 0 Å². The molecular weight excluding hydrogens is 264 g/mol. The van der Waals surface area contributed by atoms with Crippen molar-refractivity contribution in [3.8, 4) is 0 Å². The summed E-state index contributed by atoms with van der Waals surface area (Å²) in [4.78, 5) is 14.7. The molecule has 1 heterocycles. The van der Waals surface area contributed by atoms with Gasteiger partial charge in [-0.25, -0.2) is 0 Å². The highest BCUT2D eigenvalue weighted by Crippen LogP contribution is 2.18. The van der Waals surface area contributed by atoms with E-state index >= 15 is 0 Å². The number of benzene rings is 1. The molecule has 1 aromatic carbocycles. The second kappa shape index (κ2) is 5.54. The van der Waals surface area contributed by atoms with E-state index in [1.54, 1.807) is 16.7 Å². The van der Waals surface area contributed by atoms with Gasteiger partial charge in [0.15, 0.2) is 5.11 Å². The number of hydrogen-bond donors (Lipinski definition) is 1. The van der Waals surface area contributed by atoms with Crippen LogP contribution in [0.3, 0.4) is 0 Å². The van der Waals surface area contributed by atoms with Crippen LogP contribution >= 0.6 is 24.0 Å². The first kappa shape index (κ1) is 13.1. The highest BCUT2D eigenvalue weighted by atomic mass is 32.2. The molecule has 1 aliphatic heterocycles. The number of nitrogens with zero attached hydrogens (tertiary/aromatic N) is 1. The number of carbonyl (C=O) groups is 1. The summed E-state index contributed by atoms with van der Waals surface area (Å²) in [5.41, 5.74) is 1.53. The molecule has 5 heteroatoms. The molecule has 1 fully saturated rings. The molecule has 1 saturated heterocycles. The molecule has 0 bridgehead atoms. The SMILES string of the molecule is CCN1C(=O)C(=Cc2ccc(SC)cc2)NC1=S. The van der Waals surface area contributed by atoms with E-state index in [9.17, 15) is 4.79 Å². The van der Waals surface area contributed by atoms with Gasteiger partial charge in [-0.15, -0.1) is 11.8 Å². The van der Waals surface area contributed by atoms with E-state index in [0.717, 1.165) is 5.56 Å². The van der Waals surface area contributed by atoms with E-state index in [1.807, 2.05) is 43.5 Å². The lowest BCUT2D eigenvalue weighted by molar-refractivity contribution is -0.122. The highest BCUT2D eigenvalue weighted by Gasteiger charge is 2.28. The number of amides is 1. The molecule has 2 rings (SSSR count). The van der Waals surface area contributed by atoms with Crippen LogP contribution < -0.4 is 5.32 Å². The van der Waals surface area contributed by atoms with Crippen LogP contribution in [0.4, 0.5) is 0 Å². The Balaban J connectivity index is 2.23. The van der Waals surface area contributed by atoms with Crippen molar-refractivity contribution in [3.05, 3.63) is 35.5 Å². The van der Waals surface area contributed by atoms with Gasteiger partial charge in [0.05, 0.1) is 0 Å². The van der Waals surface area contributed by atoms with E-state index in [4.69, 9.17) is 12.2 Å². The zero-order valence-electron chi connectivity index (χ0n) is 10.3.